The molecule has 1 aromatic heterocycles. The topological polar surface area (TPSA) is 99.8 Å². The van der Waals surface area contributed by atoms with Gasteiger partial charge in [-0.05, 0) is 29.8 Å². The molecule has 0 spiro atoms. The highest BCUT2D eigenvalue weighted by Gasteiger charge is 2.12. The number of aryl methyl sites for hydroxylation is 1. The number of rotatable bonds is 8. The molecule has 0 bridgehead atoms. The van der Waals surface area contributed by atoms with E-state index in [0.29, 0.717) is 23.4 Å². The summed E-state index contributed by atoms with van der Waals surface area (Å²) < 4.78 is 16.5. The van der Waals surface area contributed by atoms with Crippen LogP contribution in [-0.4, -0.2) is 30.2 Å². The number of nitrogens with zero attached hydrogens (tertiary/aromatic N) is 1. The molecule has 28 heavy (non-hydrogen) atoms. The van der Waals surface area contributed by atoms with Gasteiger partial charge in [0, 0.05) is 13.1 Å². The van der Waals surface area contributed by atoms with Crippen LogP contribution in [0.4, 0.5) is 0 Å². The number of hydrogen-bond donors (Lipinski definition) is 1. The van der Waals surface area contributed by atoms with Crippen molar-refractivity contribution in [2.24, 2.45) is 0 Å². The van der Waals surface area contributed by atoms with Gasteiger partial charge in [0.05, 0.1) is 19.0 Å². The van der Waals surface area contributed by atoms with Gasteiger partial charge in [-0.25, -0.2) is 4.79 Å². The van der Waals surface area contributed by atoms with Crippen LogP contribution in [0.2, 0.25) is 0 Å². The fourth-order valence-corrected chi connectivity index (χ4v) is 2.68. The minimum atomic E-state index is -0.575. The van der Waals surface area contributed by atoms with Crippen LogP contribution in [0.15, 0.2) is 57.7 Å². The molecular weight excluding hydrogens is 364 g/mol. The van der Waals surface area contributed by atoms with E-state index >= 15 is 0 Å². The van der Waals surface area contributed by atoms with E-state index in [0.717, 1.165) is 5.56 Å². The van der Waals surface area contributed by atoms with Crippen molar-refractivity contribution >= 4 is 23.0 Å². The molecule has 0 radical (unpaired) electrons. The Morgan fingerprint density at radius 1 is 1.14 bits per heavy atom. The molecule has 1 amide bonds. The number of benzene rings is 2. The molecule has 0 aliphatic rings. The van der Waals surface area contributed by atoms with Crippen molar-refractivity contribution in [1.82, 2.24) is 9.88 Å². The van der Waals surface area contributed by atoms with Crippen LogP contribution in [0.5, 0.6) is 5.75 Å². The normalized spacial score (nSPS) is 10.6. The van der Waals surface area contributed by atoms with Gasteiger partial charge in [-0.2, -0.15) is 0 Å². The second kappa shape index (κ2) is 8.90. The first-order valence-electron chi connectivity index (χ1n) is 8.70. The van der Waals surface area contributed by atoms with Gasteiger partial charge in [0.25, 0.3) is 5.91 Å². The van der Waals surface area contributed by atoms with E-state index < -0.39 is 17.6 Å². The van der Waals surface area contributed by atoms with Gasteiger partial charge in [-0.15, -0.1) is 0 Å². The summed E-state index contributed by atoms with van der Waals surface area (Å²) in [6.07, 6.45) is -0.0490. The van der Waals surface area contributed by atoms with Gasteiger partial charge >= 0.3 is 11.7 Å². The van der Waals surface area contributed by atoms with Gasteiger partial charge in [0.2, 0.25) is 0 Å². The van der Waals surface area contributed by atoms with Crippen molar-refractivity contribution in [1.29, 1.82) is 0 Å². The highest BCUT2D eigenvalue weighted by Crippen LogP contribution is 2.13. The number of oxazole rings is 1. The second-order valence-electron chi connectivity index (χ2n) is 6.03. The maximum atomic E-state index is 11.9. The Morgan fingerprint density at radius 3 is 2.79 bits per heavy atom. The summed E-state index contributed by atoms with van der Waals surface area (Å²) in [6.45, 7) is 0.0218. The number of hydrogen-bond acceptors (Lipinski definition) is 6. The Kier molecular flexibility index (Phi) is 6.11. The maximum Gasteiger partial charge on any atom is 0.419 e. The molecule has 0 aliphatic heterocycles. The lowest BCUT2D eigenvalue weighted by atomic mass is 10.2. The number of methoxy groups -OCH3 is 1. The molecule has 0 unspecified atom stereocenters. The molecule has 8 nitrogen and oxygen atoms in total. The molecule has 0 saturated heterocycles. The number of nitrogens with one attached hydrogen (secondary N) is 1. The fourth-order valence-electron chi connectivity index (χ4n) is 2.68. The molecule has 3 rings (SSSR count). The van der Waals surface area contributed by atoms with Crippen LogP contribution in [0.1, 0.15) is 12.0 Å². The Hall–Kier alpha value is -3.55. The minimum Gasteiger partial charge on any atom is -0.497 e. The zero-order valence-electron chi connectivity index (χ0n) is 15.3. The molecular formula is C20H20N2O6. The number of ether oxygens (including phenoxy) is 2. The maximum absolute atomic E-state index is 11.9. The molecule has 1 heterocycles. The number of fused-ring (bicyclic) bond motifs is 1. The summed E-state index contributed by atoms with van der Waals surface area (Å²) in [6, 6.07) is 14.2. The molecule has 3 aromatic rings. The molecule has 0 saturated carbocycles. The molecule has 2 aromatic carbocycles. The number of aromatic nitrogens is 1. The number of para-hydroxylation sites is 2. The molecule has 8 heteroatoms. The zero-order chi connectivity index (χ0) is 19.9. The number of amides is 1. The van der Waals surface area contributed by atoms with E-state index in [4.69, 9.17) is 13.9 Å². The molecule has 1 N–H and O–H groups in total. The second-order valence-corrected chi connectivity index (χ2v) is 6.03. The lowest BCUT2D eigenvalue weighted by Crippen LogP contribution is -2.28. The molecule has 0 fully saturated rings. The van der Waals surface area contributed by atoms with Crippen LogP contribution < -0.4 is 15.8 Å². The summed E-state index contributed by atoms with van der Waals surface area (Å²) in [5, 5.41) is 2.67. The Labute approximate surface area is 160 Å². The average molecular weight is 384 g/mol. The highest BCUT2D eigenvalue weighted by molar-refractivity contribution is 5.80. The monoisotopic (exact) mass is 384 g/mol. The van der Waals surface area contributed by atoms with Crippen LogP contribution >= 0.6 is 0 Å². The minimum absolute atomic E-state index is 0.0490. The van der Waals surface area contributed by atoms with Crippen LogP contribution in [0.3, 0.4) is 0 Å². The summed E-state index contributed by atoms with van der Waals surface area (Å²) in [5.74, 6) is -0.832. The van der Waals surface area contributed by atoms with Gasteiger partial charge < -0.3 is 19.2 Å². The van der Waals surface area contributed by atoms with Gasteiger partial charge in [0.15, 0.2) is 12.2 Å². The van der Waals surface area contributed by atoms with Crippen molar-refractivity contribution in [3.05, 3.63) is 64.6 Å². The quantitative estimate of drug-likeness (QED) is 0.595. The largest absolute Gasteiger partial charge is 0.497 e. The molecule has 0 atom stereocenters. The highest BCUT2D eigenvalue weighted by atomic mass is 16.5. The first kappa shape index (κ1) is 19.2. The summed E-state index contributed by atoms with van der Waals surface area (Å²) in [7, 11) is 1.57. The third-order valence-electron chi connectivity index (χ3n) is 4.10. The Morgan fingerprint density at radius 2 is 1.96 bits per heavy atom. The average Bonchev–Trinajstić information content (AvgIpc) is 3.04. The third-order valence-corrected chi connectivity index (χ3v) is 4.10. The number of esters is 1. The zero-order valence-corrected chi connectivity index (χ0v) is 15.3. The third kappa shape index (κ3) is 4.79. The molecule has 0 aliphatic carbocycles. The van der Waals surface area contributed by atoms with E-state index in [2.05, 4.69) is 5.32 Å². The van der Waals surface area contributed by atoms with Gasteiger partial charge in [0.1, 0.15) is 5.75 Å². The van der Waals surface area contributed by atoms with E-state index in [-0.39, 0.29) is 19.6 Å². The lowest BCUT2D eigenvalue weighted by molar-refractivity contribution is -0.148. The van der Waals surface area contributed by atoms with Crippen LogP contribution in [0.25, 0.3) is 11.1 Å². The van der Waals surface area contributed by atoms with E-state index in [1.54, 1.807) is 37.4 Å². The van der Waals surface area contributed by atoms with E-state index in [1.807, 2.05) is 18.2 Å². The predicted molar refractivity (Wildman–Crippen MR) is 101 cm³/mol. The standard InChI is InChI=1S/C20H20N2O6/c1-26-15-6-4-5-14(11-15)12-21-18(23)13-27-19(24)9-10-22-16-7-2-3-8-17(16)28-20(22)25/h2-8,11H,9-10,12-13H2,1H3,(H,21,23). The smallest absolute Gasteiger partial charge is 0.419 e. The number of carbonyl (C=O) groups excluding carboxylic acids is 2. The summed E-state index contributed by atoms with van der Waals surface area (Å²) in [4.78, 5) is 35.6. The fraction of sp³-hybridized carbons (Fsp3) is 0.250. The van der Waals surface area contributed by atoms with Crippen molar-refractivity contribution in [3.8, 4) is 5.75 Å². The Balaban J connectivity index is 1.44. The van der Waals surface area contributed by atoms with E-state index in [1.165, 1.54) is 4.57 Å². The number of carbonyl (C=O) groups is 2. The van der Waals surface area contributed by atoms with Crippen molar-refractivity contribution in [2.45, 2.75) is 19.5 Å². The molecule has 146 valence electrons. The van der Waals surface area contributed by atoms with Crippen molar-refractivity contribution < 1.29 is 23.5 Å². The van der Waals surface area contributed by atoms with Crippen LogP contribution in [0, 0.1) is 0 Å². The van der Waals surface area contributed by atoms with Crippen LogP contribution in [-0.2, 0) is 27.4 Å². The lowest BCUT2D eigenvalue weighted by Gasteiger charge is -2.08. The van der Waals surface area contributed by atoms with E-state index in [9.17, 15) is 14.4 Å². The predicted octanol–water partition coefficient (Wildman–Crippen LogP) is 1.85. The first-order valence-corrected chi connectivity index (χ1v) is 8.70. The SMILES string of the molecule is COc1cccc(CNC(=O)COC(=O)CCn2c(=O)oc3ccccc32)c1. The summed E-state index contributed by atoms with van der Waals surface area (Å²) in [5.41, 5.74) is 1.93. The van der Waals surface area contributed by atoms with Crippen molar-refractivity contribution in [3.63, 3.8) is 0 Å². The van der Waals surface area contributed by atoms with Gasteiger partial charge in [-0.1, -0.05) is 24.3 Å². The van der Waals surface area contributed by atoms with Gasteiger partial charge in [-0.3, -0.25) is 14.2 Å². The summed E-state index contributed by atoms with van der Waals surface area (Å²) >= 11 is 0. The first-order chi connectivity index (χ1) is 13.6. The van der Waals surface area contributed by atoms with Crippen molar-refractivity contribution in [2.75, 3.05) is 13.7 Å². The Bertz CT molecular complexity index is 1040.